The molecule has 1 aromatic carbocycles. The third-order valence-corrected chi connectivity index (χ3v) is 6.63. The van der Waals surface area contributed by atoms with Crippen LogP contribution in [0.4, 0.5) is 5.00 Å². The van der Waals surface area contributed by atoms with Crippen LogP contribution in [0.2, 0.25) is 0 Å². The van der Waals surface area contributed by atoms with E-state index in [0.29, 0.717) is 10.7 Å². The second-order valence-corrected chi connectivity index (χ2v) is 8.41. The van der Waals surface area contributed by atoms with Crippen molar-refractivity contribution in [2.75, 3.05) is 25.3 Å². The van der Waals surface area contributed by atoms with Gasteiger partial charge in [0.1, 0.15) is 9.88 Å². The number of esters is 2. The molecule has 0 fully saturated rings. The molecule has 0 saturated heterocycles. The summed E-state index contributed by atoms with van der Waals surface area (Å²) in [4.78, 5) is 41.4. The molecule has 10 heteroatoms. The van der Waals surface area contributed by atoms with E-state index >= 15 is 0 Å². The average molecular weight is 460 g/mol. The number of hydrogen-bond acceptors (Lipinski definition) is 8. The van der Waals surface area contributed by atoms with Gasteiger partial charge in [0.05, 0.1) is 31.2 Å². The fraction of sp³-hybridized carbons (Fsp3) is 0.238. The molecule has 1 N–H and O–H groups in total. The van der Waals surface area contributed by atoms with Gasteiger partial charge < -0.3 is 14.8 Å². The zero-order valence-electron chi connectivity index (χ0n) is 17.4. The van der Waals surface area contributed by atoms with Crippen molar-refractivity contribution in [2.45, 2.75) is 19.0 Å². The van der Waals surface area contributed by atoms with Gasteiger partial charge in [-0.25, -0.2) is 14.6 Å². The molecule has 0 bridgehead atoms. The molecular formula is C21H21N3O5S2. The molecule has 0 aliphatic heterocycles. The summed E-state index contributed by atoms with van der Waals surface area (Å²) in [7, 11) is 2.49. The summed E-state index contributed by atoms with van der Waals surface area (Å²) in [6, 6.07) is 7.88. The maximum atomic E-state index is 12.6. The van der Waals surface area contributed by atoms with Gasteiger partial charge in [-0.15, -0.1) is 11.3 Å². The predicted molar refractivity (Wildman–Crippen MR) is 119 cm³/mol. The maximum absolute atomic E-state index is 12.6. The lowest BCUT2D eigenvalue weighted by atomic mass is 10.1. The second kappa shape index (κ2) is 9.80. The fourth-order valence-electron chi connectivity index (χ4n) is 2.94. The molecule has 162 valence electrons. The highest BCUT2D eigenvalue weighted by Crippen LogP contribution is 2.34. The number of carbonyl (C=O) groups excluding carboxylic acids is 3. The Bertz CT molecular complexity index is 1140. The van der Waals surface area contributed by atoms with Crippen molar-refractivity contribution in [1.29, 1.82) is 0 Å². The number of thiophene rings is 1. The van der Waals surface area contributed by atoms with Gasteiger partial charge in [0.15, 0.2) is 5.16 Å². The number of para-hydroxylation sites is 1. The van der Waals surface area contributed by atoms with Crippen LogP contribution in [-0.2, 0) is 14.3 Å². The van der Waals surface area contributed by atoms with E-state index in [0.717, 1.165) is 22.6 Å². The van der Waals surface area contributed by atoms with E-state index in [-0.39, 0.29) is 27.1 Å². The van der Waals surface area contributed by atoms with E-state index in [4.69, 9.17) is 9.47 Å². The van der Waals surface area contributed by atoms with E-state index < -0.39 is 11.9 Å². The van der Waals surface area contributed by atoms with Gasteiger partial charge in [-0.05, 0) is 31.0 Å². The van der Waals surface area contributed by atoms with Crippen LogP contribution >= 0.6 is 23.1 Å². The number of nitrogens with zero attached hydrogens (tertiary/aromatic N) is 2. The first-order valence-corrected chi connectivity index (χ1v) is 11.0. The van der Waals surface area contributed by atoms with E-state index in [1.54, 1.807) is 13.1 Å². The van der Waals surface area contributed by atoms with Gasteiger partial charge in [-0.3, -0.25) is 9.36 Å². The molecule has 0 radical (unpaired) electrons. The Labute approximate surface area is 187 Å². The van der Waals surface area contributed by atoms with E-state index in [1.807, 2.05) is 42.0 Å². The molecule has 2 heterocycles. The fourth-order valence-corrected chi connectivity index (χ4v) is 4.84. The van der Waals surface area contributed by atoms with Crippen LogP contribution in [0.1, 0.15) is 31.2 Å². The van der Waals surface area contributed by atoms with Crippen LogP contribution in [0.15, 0.2) is 41.8 Å². The number of rotatable bonds is 7. The molecule has 0 aliphatic rings. The summed E-state index contributed by atoms with van der Waals surface area (Å²) in [6.07, 6.45) is 3.51. The molecule has 8 nitrogen and oxygen atoms in total. The molecule has 3 aromatic rings. The third kappa shape index (κ3) is 4.80. The topological polar surface area (TPSA) is 99.5 Å². The van der Waals surface area contributed by atoms with Crippen molar-refractivity contribution in [3.05, 3.63) is 58.2 Å². The molecule has 3 rings (SSSR count). The van der Waals surface area contributed by atoms with E-state index in [1.165, 1.54) is 26.0 Å². The normalized spacial score (nSPS) is 10.6. The first-order valence-electron chi connectivity index (χ1n) is 9.19. The number of aromatic nitrogens is 2. The summed E-state index contributed by atoms with van der Waals surface area (Å²) in [6.45, 7) is 3.61. The number of anilines is 1. The first kappa shape index (κ1) is 22.6. The van der Waals surface area contributed by atoms with Crippen LogP contribution in [0, 0.1) is 13.8 Å². The molecule has 1 amide bonds. The number of hydrogen-bond donors (Lipinski definition) is 1. The highest BCUT2D eigenvalue weighted by Gasteiger charge is 2.26. The smallest absolute Gasteiger partial charge is 0.348 e. The Hall–Kier alpha value is -3.11. The number of imidazole rings is 1. The zero-order valence-corrected chi connectivity index (χ0v) is 19.1. The first-order chi connectivity index (χ1) is 14.9. The number of ether oxygens (including phenoxy) is 2. The lowest BCUT2D eigenvalue weighted by Crippen LogP contribution is -2.16. The van der Waals surface area contributed by atoms with Crippen LogP contribution in [-0.4, -0.2) is 47.4 Å². The zero-order chi connectivity index (χ0) is 22.5. The number of amides is 1. The summed E-state index contributed by atoms with van der Waals surface area (Å²) in [5, 5.41) is 3.62. The molecule has 2 aromatic heterocycles. The number of aryl methyl sites for hydroxylation is 1. The molecule has 0 spiro atoms. The van der Waals surface area contributed by atoms with E-state index in [2.05, 4.69) is 10.3 Å². The van der Waals surface area contributed by atoms with Crippen molar-refractivity contribution >= 4 is 45.9 Å². The van der Waals surface area contributed by atoms with Crippen molar-refractivity contribution in [3.8, 4) is 5.69 Å². The van der Waals surface area contributed by atoms with Crippen molar-refractivity contribution in [1.82, 2.24) is 9.55 Å². The minimum atomic E-state index is -0.637. The third-order valence-electron chi connectivity index (χ3n) is 4.47. The quantitative estimate of drug-likeness (QED) is 0.423. The highest BCUT2D eigenvalue weighted by atomic mass is 32.2. The van der Waals surface area contributed by atoms with Crippen LogP contribution in [0.3, 0.4) is 0 Å². The maximum Gasteiger partial charge on any atom is 0.348 e. The lowest BCUT2D eigenvalue weighted by Gasteiger charge is -2.10. The number of methoxy groups -OCH3 is 2. The minimum absolute atomic E-state index is 0.0635. The lowest BCUT2D eigenvalue weighted by molar-refractivity contribution is -0.113. The molecule has 31 heavy (non-hydrogen) atoms. The van der Waals surface area contributed by atoms with Gasteiger partial charge in [0.2, 0.25) is 5.91 Å². The largest absolute Gasteiger partial charge is 0.465 e. The van der Waals surface area contributed by atoms with Crippen LogP contribution in [0.5, 0.6) is 0 Å². The van der Waals surface area contributed by atoms with Crippen molar-refractivity contribution in [2.24, 2.45) is 0 Å². The van der Waals surface area contributed by atoms with Gasteiger partial charge in [-0.2, -0.15) is 0 Å². The summed E-state index contributed by atoms with van der Waals surface area (Å²) in [5.41, 5.74) is 2.61. The van der Waals surface area contributed by atoms with Crippen LogP contribution in [0.25, 0.3) is 5.69 Å². The number of carbonyl (C=O) groups is 3. The molecule has 0 atom stereocenters. The molecular weight excluding hydrogens is 438 g/mol. The second-order valence-electron chi connectivity index (χ2n) is 6.45. The predicted octanol–water partition coefficient (Wildman–Crippen LogP) is 3.85. The SMILES string of the molecule is COC(=O)c1sc(NC(=O)CSc2nccn2-c2ccccc2C)c(C(=O)OC)c1C. The summed E-state index contributed by atoms with van der Waals surface area (Å²) < 4.78 is 11.5. The minimum Gasteiger partial charge on any atom is -0.465 e. The van der Waals surface area contributed by atoms with Crippen molar-refractivity contribution in [3.63, 3.8) is 0 Å². The molecule has 0 aliphatic carbocycles. The average Bonchev–Trinajstić information content (AvgIpc) is 3.35. The Morgan fingerprint density at radius 3 is 2.52 bits per heavy atom. The Morgan fingerprint density at radius 1 is 1.13 bits per heavy atom. The molecule has 0 saturated carbocycles. The summed E-state index contributed by atoms with van der Waals surface area (Å²) in [5.74, 6) is -1.49. The number of thioether (sulfide) groups is 1. The Kier molecular flexibility index (Phi) is 7.13. The highest BCUT2D eigenvalue weighted by molar-refractivity contribution is 7.99. The van der Waals surface area contributed by atoms with Gasteiger partial charge in [0.25, 0.3) is 0 Å². The standard InChI is InChI=1S/C21H21N3O5S2/c1-12-7-5-6-8-14(12)24-10-9-22-21(24)30-11-15(25)23-18-16(19(26)28-3)13(2)17(31-18)20(27)29-4/h5-10H,11H2,1-4H3,(H,23,25). The van der Waals surface area contributed by atoms with Gasteiger partial charge in [0, 0.05) is 12.4 Å². The van der Waals surface area contributed by atoms with E-state index in [9.17, 15) is 14.4 Å². The Morgan fingerprint density at radius 2 is 1.84 bits per heavy atom. The number of nitrogens with one attached hydrogen (secondary N) is 1. The summed E-state index contributed by atoms with van der Waals surface area (Å²) >= 11 is 2.24. The van der Waals surface area contributed by atoms with Crippen molar-refractivity contribution < 1.29 is 23.9 Å². The molecule has 0 unspecified atom stereocenters. The van der Waals surface area contributed by atoms with Crippen LogP contribution < -0.4 is 5.32 Å². The Balaban J connectivity index is 1.77. The number of benzene rings is 1. The monoisotopic (exact) mass is 459 g/mol. The van der Waals surface area contributed by atoms with Gasteiger partial charge >= 0.3 is 11.9 Å². The van der Waals surface area contributed by atoms with Gasteiger partial charge in [-0.1, -0.05) is 30.0 Å².